The van der Waals surface area contributed by atoms with Crippen LogP contribution in [0.3, 0.4) is 0 Å². The molecule has 0 saturated carbocycles. The summed E-state index contributed by atoms with van der Waals surface area (Å²) in [6.07, 6.45) is 0. The molecule has 0 nitrogen and oxygen atoms in total. The molecule has 0 spiro atoms. The maximum atomic E-state index is 2.23. The first-order valence-electron chi connectivity index (χ1n) is 12.8. The number of hydrogen-bond acceptors (Lipinski definition) is 0. The zero-order valence-corrected chi connectivity index (χ0v) is 29.0. The van der Waals surface area contributed by atoms with E-state index < -0.39 is 15.8 Å². The summed E-state index contributed by atoms with van der Waals surface area (Å²) in [5, 5.41) is 8.39. The van der Waals surface area contributed by atoms with Crippen LogP contribution in [0.5, 0.6) is 0 Å². The van der Waals surface area contributed by atoms with E-state index in [1.807, 2.05) is 0 Å². The minimum atomic E-state index is -0.446. The van der Waals surface area contributed by atoms with Crippen LogP contribution in [0.15, 0.2) is 182 Å². The SMILES string of the molecule is [Na].[Na].c1ccc(P(c2ccccc2)c2ccccc2)cc1.c1ccc(P(c2ccccc2)c2ccccc2)cc1. The van der Waals surface area contributed by atoms with Crippen molar-refractivity contribution < 1.29 is 0 Å². The molecule has 2 radical (unpaired) electrons. The minimum Gasteiger partial charge on any atom is -0.0622 e. The molecule has 0 aliphatic heterocycles. The summed E-state index contributed by atoms with van der Waals surface area (Å²) in [4.78, 5) is 0. The van der Waals surface area contributed by atoms with Crippen molar-refractivity contribution in [3.63, 3.8) is 0 Å². The minimum absolute atomic E-state index is 0. The average Bonchev–Trinajstić information content (AvgIpc) is 3.01. The normalized spacial score (nSPS) is 10.1. The van der Waals surface area contributed by atoms with Gasteiger partial charge in [0, 0.05) is 59.1 Å². The van der Waals surface area contributed by atoms with E-state index in [1.54, 1.807) is 0 Å². The van der Waals surface area contributed by atoms with Crippen LogP contribution in [0.1, 0.15) is 0 Å². The van der Waals surface area contributed by atoms with Gasteiger partial charge in [0.05, 0.1) is 0 Å². The van der Waals surface area contributed by atoms with Gasteiger partial charge in [-0.15, -0.1) is 0 Å². The fraction of sp³-hybridized carbons (Fsp3) is 0. The summed E-state index contributed by atoms with van der Waals surface area (Å²) in [6.45, 7) is 0. The van der Waals surface area contributed by atoms with Crippen molar-refractivity contribution in [2.45, 2.75) is 0 Å². The van der Waals surface area contributed by atoms with Crippen LogP contribution in [-0.2, 0) is 0 Å². The summed E-state index contributed by atoms with van der Waals surface area (Å²) < 4.78 is 0. The molecular weight excluding hydrogens is 540 g/mol. The van der Waals surface area contributed by atoms with Gasteiger partial charge in [0.15, 0.2) is 0 Å². The average molecular weight is 571 g/mol. The van der Waals surface area contributed by atoms with Gasteiger partial charge in [-0.1, -0.05) is 182 Å². The molecule has 0 atom stereocenters. The number of benzene rings is 6. The van der Waals surface area contributed by atoms with E-state index in [0.717, 1.165) is 0 Å². The molecule has 0 saturated heterocycles. The van der Waals surface area contributed by atoms with Crippen LogP contribution in [0, 0.1) is 0 Å². The third-order valence-electron chi connectivity index (χ3n) is 6.09. The molecule has 6 rings (SSSR count). The molecule has 0 amide bonds. The molecule has 0 N–H and O–H groups in total. The van der Waals surface area contributed by atoms with Crippen molar-refractivity contribution in [2.24, 2.45) is 0 Å². The van der Waals surface area contributed by atoms with E-state index in [2.05, 4.69) is 182 Å². The maximum absolute atomic E-state index is 2.23. The van der Waals surface area contributed by atoms with Crippen molar-refractivity contribution in [1.29, 1.82) is 0 Å². The predicted octanol–water partition coefficient (Wildman–Crippen LogP) is 6.13. The van der Waals surface area contributed by atoms with Gasteiger partial charge in [-0.3, -0.25) is 0 Å². The third-order valence-corrected chi connectivity index (χ3v) is 11.0. The first-order valence-corrected chi connectivity index (χ1v) is 15.5. The Hall–Kier alpha value is -1.82. The van der Waals surface area contributed by atoms with Crippen LogP contribution in [0.4, 0.5) is 0 Å². The standard InChI is InChI=1S/2C18H15P.2Na/c2*1-4-10-16(11-5-1)19(17-12-6-2-7-13-17)18-14-8-3-9-15-18;;/h2*1-15H;;. The van der Waals surface area contributed by atoms with Crippen LogP contribution >= 0.6 is 15.8 Å². The molecular formula is C36H30Na2P2. The van der Waals surface area contributed by atoms with Crippen molar-refractivity contribution in [3.8, 4) is 0 Å². The first-order chi connectivity index (χ1) is 18.9. The van der Waals surface area contributed by atoms with Gasteiger partial charge < -0.3 is 0 Å². The summed E-state index contributed by atoms with van der Waals surface area (Å²) in [7, 11) is -0.892. The molecule has 4 heteroatoms. The van der Waals surface area contributed by atoms with Gasteiger partial charge in [-0.05, 0) is 47.7 Å². The maximum Gasteiger partial charge on any atom is 0 e. The largest absolute Gasteiger partial charge is 0.0622 e. The zero-order chi connectivity index (χ0) is 25.8. The number of hydrogen-bond donors (Lipinski definition) is 0. The Morgan fingerprint density at radius 1 is 0.200 bits per heavy atom. The Morgan fingerprint density at radius 3 is 0.450 bits per heavy atom. The van der Waals surface area contributed by atoms with Gasteiger partial charge in [-0.2, -0.15) is 0 Å². The molecule has 0 aromatic heterocycles. The molecule has 0 aliphatic rings. The Balaban J connectivity index is 0.000000210. The second-order valence-electron chi connectivity index (χ2n) is 8.68. The van der Waals surface area contributed by atoms with Crippen LogP contribution in [-0.4, -0.2) is 59.1 Å². The van der Waals surface area contributed by atoms with Crippen molar-refractivity contribution >= 4 is 107 Å². The quantitative estimate of drug-likeness (QED) is 0.167. The molecule has 0 aliphatic carbocycles. The second kappa shape index (κ2) is 17.9. The molecule has 0 fully saturated rings. The smallest absolute Gasteiger partial charge is 0 e. The Labute approximate surface area is 286 Å². The Kier molecular flexibility index (Phi) is 14.6. The van der Waals surface area contributed by atoms with E-state index >= 15 is 0 Å². The second-order valence-corrected chi connectivity index (χ2v) is 13.1. The van der Waals surface area contributed by atoms with E-state index in [9.17, 15) is 0 Å². The third kappa shape index (κ3) is 9.09. The summed E-state index contributed by atoms with van der Waals surface area (Å²) in [5.74, 6) is 0. The molecule has 6 aromatic rings. The first kappa shape index (κ1) is 32.7. The van der Waals surface area contributed by atoms with E-state index in [0.29, 0.717) is 0 Å². The summed E-state index contributed by atoms with van der Waals surface area (Å²) >= 11 is 0. The van der Waals surface area contributed by atoms with Crippen LogP contribution < -0.4 is 31.8 Å². The van der Waals surface area contributed by atoms with Crippen LogP contribution in [0.2, 0.25) is 0 Å². The van der Waals surface area contributed by atoms with Gasteiger partial charge >= 0.3 is 0 Å². The number of rotatable bonds is 6. The van der Waals surface area contributed by atoms with Gasteiger partial charge in [0.25, 0.3) is 0 Å². The summed E-state index contributed by atoms with van der Waals surface area (Å²) in [6, 6.07) is 64.7. The molecule has 0 unspecified atom stereocenters. The molecule has 186 valence electrons. The Morgan fingerprint density at radius 2 is 0.325 bits per heavy atom. The van der Waals surface area contributed by atoms with Crippen molar-refractivity contribution in [2.75, 3.05) is 0 Å². The van der Waals surface area contributed by atoms with Gasteiger partial charge in [0.1, 0.15) is 0 Å². The van der Waals surface area contributed by atoms with Gasteiger partial charge in [0.2, 0.25) is 0 Å². The topological polar surface area (TPSA) is 0 Å². The van der Waals surface area contributed by atoms with Crippen LogP contribution in [0.25, 0.3) is 0 Å². The van der Waals surface area contributed by atoms with E-state index in [1.165, 1.54) is 31.8 Å². The zero-order valence-electron chi connectivity index (χ0n) is 23.2. The fourth-order valence-corrected chi connectivity index (χ4v) is 8.97. The monoisotopic (exact) mass is 570 g/mol. The summed E-state index contributed by atoms with van der Waals surface area (Å²) in [5.41, 5.74) is 0. The van der Waals surface area contributed by atoms with E-state index in [-0.39, 0.29) is 59.1 Å². The van der Waals surface area contributed by atoms with Crippen molar-refractivity contribution in [3.05, 3.63) is 182 Å². The predicted molar refractivity (Wildman–Crippen MR) is 182 cm³/mol. The Bertz CT molecular complexity index is 1180. The molecule has 0 heterocycles. The van der Waals surface area contributed by atoms with Crippen molar-refractivity contribution in [1.82, 2.24) is 0 Å². The van der Waals surface area contributed by atoms with E-state index in [4.69, 9.17) is 0 Å². The molecule has 40 heavy (non-hydrogen) atoms. The van der Waals surface area contributed by atoms with Gasteiger partial charge in [-0.25, -0.2) is 0 Å². The molecule has 0 bridgehead atoms. The fourth-order valence-electron chi connectivity index (χ4n) is 4.36. The molecule has 6 aromatic carbocycles.